The molecule has 1 saturated heterocycles. The highest BCUT2D eigenvalue weighted by Crippen LogP contribution is 2.25. The van der Waals surface area contributed by atoms with Gasteiger partial charge in [-0.15, -0.1) is 0 Å². The van der Waals surface area contributed by atoms with Gasteiger partial charge >= 0.3 is 0 Å². The van der Waals surface area contributed by atoms with E-state index >= 15 is 0 Å². The Kier molecular flexibility index (Phi) is 5.62. The van der Waals surface area contributed by atoms with Gasteiger partial charge in [-0.2, -0.15) is 0 Å². The Morgan fingerprint density at radius 3 is 2.80 bits per heavy atom. The van der Waals surface area contributed by atoms with Crippen LogP contribution in [-0.4, -0.2) is 19.5 Å². The van der Waals surface area contributed by atoms with Crippen molar-refractivity contribution in [2.75, 3.05) is 13.2 Å². The van der Waals surface area contributed by atoms with Crippen LogP contribution in [0.25, 0.3) is 0 Å². The number of ether oxygens (including phenoxy) is 2. The minimum Gasteiger partial charge on any atom is -0.353 e. The Labute approximate surface area is 94.3 Å². The first-order chi connectivity index (χ1) is 7.14. The van der Waals surface area contributed by atoms with E-state index in [1.54, 1.807) is 0 Å². The van der Waals surface area contributed by atoms with Gasteiger partial charge in [0.05, 0.1) is 6.61 Å². The molecule has 0 spiro atoms. The van der Waals surface area contributed by atoms with Crippen LogP contribution < -0.4 is 0 Å². The number of rotatable bonds is 6. The van der Waals surface area contributed by atoms with E-state index in [1.807, 2.05) is 0 Å². The van der Waals surface area contributed by atoms with E-state index in [4.69, 9.17) is 9.47 Å². The van der Waals surface area contributed by atoms with Crippen LogP contribution >= 0.6 is 0 Å². The molecule has 1 radical (unpaired) electrons. The van der Waals surface area contributed by atoms with Gasteiger partial charge in [0.15, 0.2) is 6.29 Å². The van der Waals surface area contributed by atoms with Crippen LogP contribution in [0.3, 0.4) is 0 Å². The summed E-state index contributed by atoms with van der Waals surface area (Å²) in [5.74, 6) is 0. The maximum Gasteiger partial charge on any atom is 0.157 e. The first kappa shape index (κ1) is 13.0. The van der Waals surface area contributed by atoms with Gasteiger partial charge in [0.25, 0.3) is 0 Å². The molecule has 2 nitrogen and oxygen atoms in total. The molecule has 1 fully saturated rings. The quantitative estimate of drug-likeness (QED) is 0.671. The topological polar surface area (TPSA) is 18.5 Å². The number of unbranched alkanes of at least 4 members (excludes halogenated alkanes) is 1. The molecule has 0 saturated carbocycles. The number of hydrogen-bond acceptors (Lipinski definition) is 2. The molecule has 0 bridgehead atoms. The molecule has 1 aliphatic rings. The largest absolute Gasteiger partial charge is 0.353 e. The molecule has 1 rings (SSSR count). The molecule has 0 aromatic rings. The second-order valence-corrected chi connectivity index (χ2v) is 5.23. The molecular formula is C13H25O2. The average Bonchev–Trinajstić information content (AvgIpc) is 2.25. The lowest BCUT2D eigenvalue weighted by molar-refractivity contribution is -0.176. The van der Waals surface area contributed by atoms with Crippen molar-refractivity contribution in [2.24, 2.45) is 5.41 Å². The smallest absolute Gasteiger partial charge is 0.157 e. The Morgan fingerprint density at radius 1 is 1.40 bits per heavy atom. The molecule has 89 valence electrons. The van der Waals surface area contributed by atoms with E-state index in [0.29, 0.717) is 0 Å². The lowest BCUT2D eigenvalue weighted by Crippen LogP contribution is -2.28. The fraction of sp³-hybridized carbons (Fsp3) is 0.923. The van der Waals surface area contributed by atoms with Gasteiger partial charge in [-0.1, -0.05) is 33.6 Å². The van der Waals surface area contributed by atoms with Gasteiger partial charge in [0, 0.05) is 6.61 Å². The van der Waals surface area contributed by atoms with Crippen molar-refractivity contribution in [1.29, 1.82) is 0 Å². The first-order valence-corrected chi connectivity index (χ1v) is 6.16. The van der Waals surface area contributed by atoms with Crippen LogP contribution in [0.15, 0.2) is 0 Å². The summed E-state index contributed by atoms with van der Waals surface area (Å²) >= 11 is 0. The monoisotopic (exact) mass is 213 g/mol. The summed E-state index contributed by atoms with van der Waals surface area (Å²) in [7, 11) is 0. The summed E-state index contributed by atoms with van der Waals surface area (Å²) in [6.07, 6.45) is 6.92. The molecule has 1 heterocycles. The average molecular weight is 213 g/mol. The van der Waals surface area contributed by atoms with Gasteiger partial charge in [-0.25, -0.2) is 0 Å². The summed E-state index contributed by atoms with van der Waals surface area (Å²) in [6, 6.07) is 0. The third-order valence-corrected chi connectivity index (χ3v) is 2.90. The summed E-state index contributed by atoms with van der Waals surface area (Å²) in [4.78, 5) is 0. The van der Waals surface area contributed by atoms with Crippen LogP contribution in [0, 0.1) is 12.3 Å². The van der Waals surface area contributed by atoms with E-state index in [9.17, 15) is 0 Å². The SMILES string of the molecule is [CH2]CCCC(C)(C)COC1CCCCO1. The minimum absolute atomic E-state index is 0.0535. The van der Waals surface area contributed by atoms with Crippen molar-refractivity contribution in [3.8, 4) is 0 Å². The van der Waals surface area contributed by atoms with Crippen molar-refractivity contribution >= 4 is 0 Å². The van der Waals surface area contributed by atoms with Crippen molar-refractivity contribution < 1.29 is 9.47 Å². The summed E-state index contributed by atoms with van der Waals surface area (Å²) in [5, 5.41) is 0. The molecule has 0 N–H and O–H groups in total. The second-order valence-electron chi connectivity index (χ2n) is 5.23. The van der Waals surface area contributed by atoms with Crippen LogP contribution in [0.4, 0.5) is 0 Å². The highest BCUT2D eigenvalue weighted by molar-refractivity contribution is 4.69. The fourth-order valence-electron chi connectivity index (χ4n) is 1.84. The normalized spacial score (nSPS) is 23.0. The zero-order valence-corrected chi connectivity index (χ0v) is 10.3. The molecule has 0 aromatic carbocycles. The van der Waals surface area contributed by atoms with Crippen molar-refractivity contribution in [2.45, 2.75) is 58.7 Å². The lowest BCUT2D eigenvalue weighted by atomic mass is 9.88. The molecule has 1 unspecified atom stereocenters. The predicted octanol–water partition coefficient (Wildman–Crippen LogP) is 3.56. The highest BCUT2D eigenvalue weighted by Gasteiger charge is 2.21. The Bertz CT molecular complexity index is 160. The third kappa shape index (κ3) is 5.53. The molecule has 1 aliphatic heterocycles. The van der Waals surface area contributed by atoms with Crippen LogP contribution in [-0.2, 0) is 9.47 Å². The standard InChI is InChI=1S/C13H25O2/c1-4-5-9-13(2,3)11-15-12-8-6-7-10-14-12/h12H,1,4-11H2,2-3H3. The van der Waals surface area contributed by atoms with E-state index in [-0.39, 0.29) is 11.7 Å². The molecule has 1 atom stereocenters. The van der Waals surface area contributed by atoms with Crippen LogP contribution in [0.5, 0.6) is 0 Å². The minimum atomic E-state index is 0.0535. The van der Waals surface area contributed by atoms with Gasteiger partial charge in [-0.05, 0) is 31.1 Å². The van der Waals surface area contributed by atoms with E-state index in [1.165, 1.54) is 25.7 Å². The van der Waals surface area contributed by atoms with E-state index in [2.05, 4.69) is 20.8 Å². The number of hydrogen-bond donors (Lipinski definition) is 0. The first-order valence-electron chi connectivity index (χ1n) is 6.16. The summed E-state index contributed by atoms with van der Waals surface area (Å²) < 4.78 is 11.3. The maximum absolute atomic E-state index is 5.80. The molecule has 0 amide bonds. The highest BCUT2D eigenvalue weighted by atomic mass is 16.7. The Balaban J connectivity index is 2.15. The van der Waals surface area contributed by atoms with Crippen LogP contribution in [0.2, 0.25) is 0 Å². The molecule has 15 heavy (non-hydrogen) atoms. The molecule has 2 heteroatoms. The van der Waals surface area contributed by atoms with E-state index < -0.39 is 0 Å². The van der Waals surface area contributed by atoms with Gasteiger partial charge in [-0.3, -0.25) is 0 Å². The van der Waals surface area contributed by atoms with Crippen molar-refractivity contribution in [3.63, 3.8) is 0 Å². The van der Waals surface area contributed by atoms with Gasteiger partial charge in [0.1, 0.15) is 0 Å². The molecular weight excluding hydrogens is 188 g/mol. The maximum atomic E-state index is 5.80. The zero-order valence-electron chi connectivity index (χ0n) is 10.3. The summed E-state index contributed by atoms with van der Waals surface area (Å²) in [5.41, 5.74) is 0.262. The third-order valence-electron chi connectivity index (χ3n) is 2.90. The second kappa shape index (κ2) is 6.49. The lowest BCUT2D eigenvalue weighted by Gasteiger charge is -2.29. The zero-order chi connectivity index (χ0) is 11.1. The summed E-state index contributed by atoms with van der Waals surface area (Å²) in [6.45, 7) is 10.1. The fourth-order valence-corrected chi connectivity index (χ4v) is 1.84. The molecule has 0 aromatic heterocycles. The van der Waals surface area contributed by atoms with Crippen LogP contribution in [0.1, 0.15) is 52.4 Å². The van der Waals surface area contributed by atoms with Gasteiger partial charge < -0.3 is 9.47 Å². The Hall–Kier alpha value is -0.0800. The van der Waals surface area contributed by atoms with Gasteiger partial charge in [0.2, 0.25) is 0 Å². The molecule has 0 aliphatic carbocycles. The predicted molar refractivity (Wildman–Crippen MR) is 62.5 cm³/mol. The Morgan fingerprint density at radius 2 is 2.20 bits per heavy atom. The van der Waals surface area contributed by atoms with E-state index in [0.717, 1.165) is 26.1 Å². The van der Waals surface area contributed by atoms with Crippen molar-refractivity contribution in [3.05, 3.63) is 6.92 Å². The van der Waals surface area contributed by atoms with Crippen molar-refractivity contribution in [1.82, 2.24) is 0 Å².